The van der Waals surface area contributed by atoms with Crippen LogP contribution in [0.25, 0.3) is 0 Å². The summed E-state index contributed by atoms with van der Waals surface area (Å²) in [6.45, 7) is 9.11. The second-order valence-corrected chi connectivity index (χ2v) is 8.54. The van der Waals surface area contributed by atoms with Gasteiger partial charge >= 0.3 is 0 Å². The van der Waals surface area contributed by atoms with Crippen LogP contribution in [0.15, 0.2) is 0 Å². The van der Waals surface area contributed by atoms with Gasteiger partial charge in [-0.1, -0.05) is 26.7 Å². The lowest BCUT2D eigenvalue weighted by Crippen LogP contribution is -2.39. The highest BCUT2D eigenvalue weighted by molar-refractivity contribution is 7.09. The fourth-order valence-electron chi connectivity index (χ4n) is 5.01. The van der Waals surface area contributed by atoms with Crippen LogP contribution in [0.2, 0.25) is 0 Å². The molecule has 0 aromatic heterocycles. The first kappa shape index (κ1) is 17.4. The largest absolute Gasteiger partial charge is 0.360 e. The monoisotopic (exact) mass is 312 g/mol. The van der Waals surface area contributed by atoms with Gasteiger partial charge in [-0.15, -0.1) is 0 Å². The quantitative estimate of drug-likeness (QED) is 0.633. The fraction of sp³-hybridized carbons (Fsp3) is 0.944. The van der Waals surface area contributed by atoms with E-state index in [9.17, 15) is 4.79 Å². The average molecular weight is 312 g/mol. The van der Waals surface area contributed by atoms with E-state index in [1.165, 1.54) is 25.7 Å². The van der Waals surface area contributed by atoms with Crippen LogP contribution in [0.1, 0.15) is 79.1 Å². The number of fused-ring (bicyclic) bond motifs is 1. The average Bonchev–Trinajstić information content (AvgIpc) is 2.77. The van der Waals surface area contributed by atoms with E-state index in [-0.39, 0.29) is 5.60 Å². The van der Waals surface area contributed by atoms with Crippen molar-refractivity contribution in [3.63, 3.8) is 0 Å². The molecule has 0 aliphatic heterocycles. The predicted octanol–water partition coefficient (Wildman–Crippen LogP) is 5.16. The number of carbonyl (C=O) groups excluding carboxylic acids is 1. The molecule has 0 saturated heterocycles. The van der Waals surface area contributed by atoms with Crippen LogP contribution in [0.4, 0.5) is 0 Å². The van der Waals surface area contributed by atoms with Crippen LogP contribution < -0.4 is 0 Å². The number of carbonyl (C=O) groups is 1. The van der Waals surface area contributed by atoms with Crippen LogP contribution in [0.5, 0.6) is 0 Å². The number of rotatable bonds is 6. The molecule has 21 heavy (non-hydrogen) atoms. The van der Waals surface area contributed by atoms with Gasteiger partial charge in [-0.05, 0) is 63.2 Å². The molecule has 0 spiro atoms. The van der Waals surface area contributed by atoms with Crippen molar-refractivity contribution in [2.75, 3.05) is 0 Å². The van der Waals surface area contributed by atoms with Crippen molar-refractivity contribution in [2.45, 2.75) is 84.7 Å². The summed E-state index contributed by atoms with van der Waals surface area (Å²) in [6, 6.07) is 0. The minimum absolute atomic E-state index is 0.0344. The Bertz CT molecular complexity index is 379. The van der Waals surface area contributed by atoms with Crippen molar-refractivity contribution in [1.29, 1.82) is 0 Å². The smallest absolute Gasteiger partial charge is 0.136 e. The summed E-state index contributed by atoms with van der Waals surface area (Å²) in [5.74, 6) is 2.39. The molecule has 0 aromatic rings. The molecule has 0 radical (unpaired) electrons. The van der Waals surface area contributed by atoms with Gasteiger partial charge in [0, 0.05) is 21.8 Å². The van der Waals surface area contributed by atoms with Gasteiger partial charge < -0.3 is 4.52 Å². The minimum Gasteiger partial charge on any atom is -0.360 e. The molecule has 3 heteroatoms. The van der Waals surface area contributed by atoms with E-state index < -0.39 is 0 Å². The lowest BCUT2D eigenvalue weighted by Gasteiger charge is -2.42. The zero-order valence-corrected chi connectivity index (χ0v) is 15.4. The lowest BCUT2D eigenvalue weighted by atomic mass is 9.62. The van der Waals surface area contributed by atoms with Crippen molar-refractivity contribution in [3.8, 4) is 0 Å². The second kappa shape index (κ2) is 6.67. The van der Waals surface area contributed by atoms with Gasteiger partial charge in [-0.25, -0.2) is 0 Å². The first-order chi connectivity index (χ1) is 9.80. The Labute approximate surface area is 133 Å². The van der Waals surface area contributed by atoms with Crippen molar-refractivity contribution in [2.24, 2.45) is 23.2 Å². The molecular weight excluding hydrogens is 279 g/mol. The van der Waals surface area contributed by atoms with Crippen LogP contribution in [0.3, 0.4) is 0 Å². The molecule has 2 aliphatic rings. The Hall–Kier alpha value is 0.0600. The molecule has 0 amide bonds. The highest BCUT2D eigenvalue weighted by atomic mass is 31.0. The number of hydrogen-bond acceptors (Lipinski definition) is 2. The molecule has 0 bridgehead atoms. The standard InChI is InChI=1S/C18H33O2P/c1-13(7-5-11-17(2,3)20-21)14-9-10-15-16(19)8-6-12-18(14,15)4/h13-15H,5-12,21H2,1-4H3/t13-,14-,15?,18-/m1/s1. The van der Waals surface area contributed by atoms with Crippen LogP contribution in [0, 0.1) is 23.2 Å². The summed E-state index contributed by atoms with van der Waals surface area (Å²) in [5.41, 5.74) is 0.259. The van der Waals surface area contributed by atoms with E-state index in [2.05, 4.69) is 37.2 Å². The van der Waals surface area contributed by atoms with E-state index in [0.29, 0.717) is 17.1 Å². The van der Waals surface area contributed by atoms with E-state index in [1.807, 2.05) is 0 Å². The molecule has 0 aromatic carbocycles. The lowest BCUT2D eigenvalue weighted by molar-refractivity contribution is -0.130. The zero-order valence-electron chi connectivity index (χ0n) is 14.3. The Morgan fingerprint density at radius 1 is 1.43 bits per heavy atom. The third kappa shape index (κ3) is 3.70. The normalized spacial score (nSPS) is 34.8. The molecule has 2 saturated carbocycles. The Balaban J connectivity index is 1.91. The highest BCUT2D eigenvalue weighted by Gasteiger charge is 2.52. The molecule has 2 fully saturated rings. The Kier molecular flexibility index (Phi) is 5.53. The predicted molar refractivity (Wildman–Crippen MR) is 91.1 cm³/mol. The SMILES string of the molecule is C[C@H](CCCC(C)(C)OP)[C@H]1CCC2C(=O)CCC[C@@]21C. The van der Waals surface area contributed by atoms with E-state index in [1.54, 1.807) is 0 Å². The summed E-state index contributed by atoms with van der Waals surface area (Å²) in [5, 5.41) is 0. The first-order valence-corrected chi connectivity index (χ1v) is 9.18. The number of Topliss-reactive ketones (excluding diaryl/α,β-unsaturated/α-hetero) is 1. The third-order valence-corrected chi connectivity index (χ3v) is 7.02. The van der Waals surface area contributed by atoms with Gasteiger partial charge in [0.1, 0.15) is 5.78 Å². The van der Waals surface area contributed by atoms with Crippen molar-refractivity contribution >= 4 is 15.2 Å². The molecule has 2 rings (SSSR count). The van der Waals surface area contributed by atoms with Gasteiger partial charge in [0.25, 0.3) is 0 Å². The van der Waals surface area contributed by atoms with Crippen molar-refractivity contribution < 1.29 is 9.32 Å². The summed E-state index contributed by atoms with van der Waals surface area (Å²) in [7, 11) is 2.39. The van der Waals surface area contributed by atoms with Gasteiger partial charge in [-0.3, -0.25) is 4.79 Å². The topological polar surface area (TPSA) is 26.3 Å². The Morgan fingerprint density at radius 3 is 2.81 bits per heavy atom. The van der Waals surface area contributed by atoms with E-state index in [4.69, 9.17) is 4.52 Å². The molecule has 2 nitrogen and oxygen atoms in total. The first-order valence-electron chi connectivity index (χ1n) is 8.71. The van der Waals surface area contributed by atoms with Crippen LogP contribution in [-0.4, -0.2) is 11.4 Å². The zero-order chi connectivity index (χ0) is 15.7. The highest BCUT2D eigenvalue weighted by Crippen LogP contribution is 2.57. The van der Waals surface area contributed by atoms with E-state index >= 15 is 0 Å². The summed E-state index contributed by atoms with van der Waals surface area (Å²) >= 11 is 0. The van der Waals surface area contributed by atoms with Crippen LogP contribution in [-0.2, 0) is 9.32 Å². The molecule has 5 atom stereocenters. The van der Waals surface area contributed by atoms with Gasteiger partial charge in [0.05, 0.1) is 5.60 Å². The van der Waals surface area contributed by atoms with Crippen molar-refractivity contribution in [1.82, 2.24) is 0 Å². The number of ketones is 1. The Morgan fingerprint density at radius 2 is 2.14 bits per heavy atom. The summed E-state index contributed by atoms with van der Waals surface area (Å²) in [6.07, 6.45) is 9.20. The maximum atomic E-state index is 12.2. The van der Waals surface area contributed by atoms with Gasteiger partial charge in [-0.2, -0.15) is 0 Å². The molecule has 0 heterocycles. The maximum absolute atomic E-state index is 12.2. The molecule has 0 N–H and O–H groups in total. The summed E-state index contributed by atoms with van der Waals surface area (Å²) < 4.78 is 5.44. The van der Waals surface area contributed by atoms with E-state index in [0.717, 1.165) is 37.5 Å². The van der Waals surface area contributed by atoms with Crippen molar-refractivity contribution in [3.05, 3.63) is 0 Å². The molecular formula is C18H33O2P. The van der Waals surface area contributed by atoms with Gasteiger partial charge in [0.2, 0.25) is 0 Å². The molecule has 2 aliphatic carbocycles. The fourth-order valence-corrected chi connectivity index (χ4v) is 5.13. The maximum Gasteiger partial charge on any atom is 0.136 e. The van der Waals surface area contributed by atoms with Crippen LogP contribution >= 0.6 is 9.47 Å². The molecule has 122 valence electrons. The van der Waals surface area contributed by atoms with Gasteiger partial charge in [0.15, 0.2) is 0 Å². The third-order valence-electron chi connectivity index (χ3n) is 6.38. The minimum atomic E-state index is -0.0344. The molecule has 2 unspecified atom stereocenters. The summed E-state index contributed by atoms with van der Waals surface area (Å²) in [4.78, 5) is 12.2. The second-order valence-electron chi connectivity index (χ2n) is 8.31. The number of hydrogen-bond donors (Lipinski definition) is 0.